The van der Waals surface area contributed by atoms with E-state index in [2.05, 4.69) is 4.98 Å². The number of H-pyrrole nitrogens is 1. The van der Waals surface area contributed by atoms with Gasteiger partial charge in [0, 0.05) is 0 Å². The fraction of sp³-hybridized carbons (Fsp3) is 0.154. The van der Waals surface area contributed by atoms with Crippen molar-refractivity contribution in [1.82, 2.24) is 9.55 Å². The molecule has 0 aliphatic carbocycles. The maximum absolute atomic E-state index is 12.3. The zero-order valence-corrected chi connectivity index (χ0v) is 10.9. The first-order chi connectivity index (χ1) is 9.10. The van der Waals surface area contributed by atoms with Gasteiger partial charge in [0.1, 0.15) is 11.2 Å². The molecule has 0 saturated heterocycles. The predicted octanol–water partition coefficient (Wildman–Crippen LogP) is 1.61. The van der Waals surface area contributed by atoms with Gasteiger partial charge in [0.15, 0.2) is 0 Å². The van der Waals surface area contributed by atoms with Crippen LogP contribution in [-0.2, 0) is 6.42 Å². The maximum Gasteiger partial charge on any atom is 0.334 e. The Morgan fingerprint density at radius 2 is 2.05 bits per heavy atom. The molecule has 0 fully saturated rings. The van der Waals surface area contributed by atoms with E-state index in [0.29, 0.717) is 12.0 Å². The zero-order valence-electron chi connectivity index (χ0n) is 10.1. The summed E-state index contributed by atoms with van der Waals surface area (Å²) in [4.78, 5) is 26.6. The van der Waals surface area contributed by atoms with E-state index in [1.54, 1.807) is 31.2 Å². The van der Waals surface area contributed by atoms with Gasteiger partial charge in [-0.2, -0.15) is 5.26 Å². The van der Waals surface area contributed by atoms with Crippen molar-refractivity contribution in [2.75, 3.05) is 0 Å². The Kier molecular flexibility index (Phi) is 3.54. The van der Waals surface area contributed by atoms with Gasteiger partial charge in [-0.25, -0.2) is 9.36 Å². The number of nitriles is 1. The largest absolute Gasteiger partial charge is 0.334 e. The summed E-state index contributed by atoms with van der Waals surface area (Å²) in [6, 6.07) is 8.36. The summed E-state index contributed by atoms with van der Waals surface area (Å²) in [6.45, 7) is 1.77. The number of aromatic nitrogens is 2. The van der Waals surface area contributed by atoms with E-state index in [1.807, 2.05) is 6.07 Å². The van der Waals surface area contributed by atoms with Gasteiger partial charge in [0.2, 0.25) is 0 Å². The van der Waals surface area contributed by atoms with Gasteiger partial charge in [-0.3, -0.25) is 9.78 Å². The van der Waals surface area contributed by atoms with Crippen LogP contribution in [0.15, 0.2) is 33.9 Å². The summed E-state index contributed by atoms with van der Waals surface area (Å²) in [6.07, 6.45) is 0.392. The van der Waals surface area contributed by atoms with Gasteiger partial charge in [0.05, 0.1) is 16.8 Å². The van der Waals surface area contributed by atoms with Crippen LogP contribution in [0, 0.1) is 11.3 Å². The Balaban J connectivity index is 2.89. The van der Waals surface area contributed by atoms with Crippen LogP contribution < -0.4 is 11.2 Å². The standard InChI is InChI=1S/C13H10ClN3O2/c1-2-9-11(14)16-13(19)17(12(9)18)10-6-4-3-5-8(10)7-15/h3-6H,2H2,1H3,(H,16,19). The number of aromatic amines is 1. The van der Waals surface area contributed by atoms with Crippen LogP contribution in [-0.4, -0.2) is 9.55 Å². The second kappa shape index (κ2) is 5.12. The van der Waals surface area contributed by atoms with Crippen molar-refractivity contribution in [3.8, 4) is 11.8 Å². The first-order valence-electron chi connectivity index (χ1n) is 5.63. The molecule has 19 heavy (non-hydrogen) atoms. The molecule has 6 heteroatoms. The van der Waals surface area contributed by atoms with Crippen molar-refractivity contribution in [3.63, 3.8) is 0 Å². The van der Waals surface area contributed by atoms with Crippen molar-refractivity contribution in [2.24, 2.45) is 0 Å². The summed E-state index contributed by atoms with van der Waals surface area (Å²) >= 11 is 5.83. The Hall–Kier alpha value is -2.32. The molecule has 0 saturated carbocycles. The Morgan fingerprint density at radius 1 is 1.37 bits per heavy atom. The van der Waals surface area contributed by atoms with E-state index in [-0.39, 0.29) is 16.4 Å². The molecule has 0 aliphatic rings. The summed E-state index contributed by atoms with van der Waals surface area (Å²) in [5, 5.41) is 9.08. The predicted molar refractivity (Wildman–Crippen MR) is 71.8 cm³/mol. The minimum absolute atomic E-state index is 0.0446. The minimum atomic E-state index is -0.658. The molecule has 1 N–H and O–H groups in total. The van der Waals surface area contributed by atoms with E-state index in [4.69, 9.17) is 16.9 Å². The zero-order chi connectivity index (χ0) is 14.0. The van der Waals surface area contributed by atoms with Crippen molar-refractivity contribution in [2.45, 2.75) is 13.3 Å². The molecule has 0 unspecified atom stereocenters. The van der Waals surface area contributed by atoms with E-state index in [0.717, 1.165) is 4.57 Å². The van der Waals surface area contributed by atoms with Crippen molar-refractivity contribution in [1.29, 1.82) is 5.26 Å². The first-order valence-corrected chi connectivity index (χ1v) is 6.01. The number of benzene rings is 1. The number of hydrogen-bond donors (Lipinski definition) is 1. The molecule has 1 aromatic carbocycles. The fourth-order valence-corrected chi connectivity index (χ4v) is 2.13. The molecule has 0 aliphatic heterocycles. The molecule has 2 aromatic rings. The highest BCUT2D eigenvalue weighted by molar-refractivity contribution is 6.30. The van der Waals surface area contributed by atoms with Crippen LogP contribution in [0.3, 0.4) is 0 Å². The lowest BCUT2D eigenvalue weighted by atomic mass is 10.2. The van der Waals surface area contributed by atoms with Crippen molar-refractivity contribution < 1.29 is 0 Å². The van der Waals surface area contributed by atoms with Crippen LogP contribution >= 0.6 is 11.6 Å². The van der Waals surface area contributed by atoms with E-state index in [1.165, 1.54) is 0 Å². The average molecular weight is 276 g/mol. The Labute approximate surface area is 113 Å². The van der Waals surface area contributed by atoms with Crippen LogP contribution in [0.1, 0.15) is 18.1 Å². The molecular formula is C13H10ClN3O2. The summed E-state index contributed by atoms with van der Waals surface area (Å²) in [7, 11) is 0. The molecule has 1 aromatic heterocycles. The number of hydrogen-bond acceptors (Lipinski definition) is 3. The quantitative estimate of drug-likeness (QED) is 0.846. The molecule has 0 bridgehead atoms. The molecule has 0 amide bonds. The van der Waals surface area contributed by atoms with Crippen molar-refractivity contribution in [3.05, 3.63) is 61.4 Å². The van der Waals surface area contributed by atoms with Gasteiger partial charge >= 0.3 is 5.69 Å². The Morgan fingerprint density at radius 3 is 2.68 bits per heavy atom. The van der Waals surface area contributed by atoms with E-state index in [9.17, 15) is 9.59 Å². The number of nitrogens with one attached hydrogen (secondary N) is 1. The van der Waals surface area contributed by atoms with Gasteiger partial charge in [-0.15, -0.1) is 0 Å². The topological polar surface area (TPSA) is 78.7 Å². The first kappa shape index (κ1) is 13.1. The molecule has 2 rings (SSSR count). The SMILES string of the molecule is CCc1c(Cl)[nH]c(=O)n(-c2ccccc2C#N)c1=O. The lowest BCUT2D eigenvalue weighted by Gasteiger charge is -2.09. The van der Waals surface area contributed by atoms with Gasteiger partial charge in [-0.1, -0.05) is 30.7 Å². The van der Waals surface area contributed by atoms with Crippen LogP contribution in [0.5, 0.6) is 0 Å². The van der Waals surface area contributed by atoms with Gasteiger partial charge in [-0.05, 0) is 18.6 Å². The normalized spacial score (nSPS) is 10.2. The summed E-state index contributed by atoms with van der Waals surface area (Å²) in [5.74, 6) is 0. The number of rotatable bonds is 2. The highest BCUT2D eigenvalue weighted by Gasteiger charge is 2.14. The maximum atomic E-state index is 12.3. The lowest BCUT2D eigenvalue weighted by Crippen LogP contribution is -2.36. The van der Waals surface area contributed by atoms with Crippen LogP contribution in [0.4, 0.5) is 0 Å². The Bertz CT molecular complexity index is 784. The highest BCUT2D eigenvalue weighted by Crippen LogP contribution is 2.12. The molecule has 96 valence electrons. The summed E-state index contributed by atoms with van der Waals surface area (Å²) in [5.41, 5.74) is -0.343. The molecular weight excluding hydrogens is 266 g/mol. The minimum Gasteiger partial charge on any atom is -0.297 e. The lowest BCUT2D eigenvalue weighted by molar-refractivity contribution is 0.840. The van der Waals surface area contributed by atoms with Crippen molar-refractivity contribution >= 4 is 11.6 Å². The fourth-order valence-electron chi connectivity index (χ4n) is 1.83. The molecule has 0 spiro atoms. The van der Waals surface area contributed by atoms with Gasteiger partial charge < -0.3 is 0 Å². The third-order valence-electron chi connectivity index (χ3n) is 2.76. The third-order valence-corrected chi connectivity index (χ3v) is 3.09. The number of nitrogens with zero attached hydrogens (tertiary/aromatic N) is 2. The monoisotopic (exact) mass is 275 g/mol. The molecule has 0 radical (unpaired) electrons. The molecule has 1 heterocycles. The smallest absolute Gasteiger partial charge is 0.297 e. The van der Waals surface area contributed by atoms with Crippen LogP contribution in [0.2, 0.25) is 5.15 Å². The summed E-state index contributed by atoms with van der Waals surface area (Å²) < 4.78 is 0.934. The second-order valence-corrected chi connectivity index (χ2v) is 4.22. The van der Waals surface area contributed by atoms with E-state index >= 15 is 0 Å². The molecule has 0 atom stereocenters. The highest BCUT2D eigenvalue weighted by atomic mass is 35.5. The number of halogens is 1. The second-order valence-electron chi connectivity index (χ2n) is 3.85. The third kappa shape index (κ3) is 2.18. The van der Waals surface area contributed by atoms with E-state index < -0.39 is 11.2 Å². The molecule has 5 nitrogen and oxygen atoms in total. The van der Waals surface area contributed by atoms with Crippen LogP contribution in [0.25, 0.3) is 5.69 Å². The van der Waals surface area contributed by atoms with Gasteiger partial charge in [0.25, 0.3) is 5.56 Å². The number of para-hydroxylation sites is 1. The average Bonchev–Trinajstić information content (AvgIpc) is 2.39.